The molecule has 0 N–H and O–H groups in total. The van der Waals surface area contributed by atoms with E-state index < -0.39 is 0 Å². The summed E-state index contributed by atoms with van der Waals surface area (Å²) in [5.74, 6) is 0. The Morgan fingerprint density at radius 2 is 0.900 bits per heavy atom. The zero-order valence-electron chi connectivity index (χ0n) is 12.2. The summed E-state index contributed by atoms with van der Waals surface area (Å²) in [4.78, 5) is 0. The molecule has 0 aromatic heterocycles. The minimum atomic E-state index is 0.239. The van der Waals surface area contributed by atoms with Gasteiger partial charge >= 0.3 is 0 Å². The van der Waals surface area contributed by atoms with E-state index in [1.165, 1.54) is 56.1 Å². The molecule has 0 saturated heterocycles. The molecule has 0 spiro atoms. The Morgan fingerprint density at radius 1 is 0.500 bits per heavy atom. The lowest BCUT2D eigenvalue weighted by atomic mass is 9.67. The van der Waals surface area contributed by atoms with E-state index in [0.717, 1.165) is 0 Å². The van der Waals surface area contributed by atoms with Gasteiger partial charge < -0.3 is 0 Å². The van der Waals surface area contributed by atoms with Gasteiger partial charge in [0.2, 0.25) is 0 Å². The monoisotopic (exact) mass is 264 g/mol. The highest BCUT2D eigenvalue weighted by atomic mass is 14.4. The number of hydrogen-bond donors (Lipinski definition) is 0. The largest absolute Gasteiger partial charge is 0.0622 e. The summed E-state index contributed by atoms with van der Waals surface area (Å²) in [6, 6.07) is 22.3. The SMILES string of the molecule is c1ccc(C2(c3ccccc3)CCCCCCC2)cc1. The molecule has 0 amide bonds. The molecule has 104 valence electrons. The third-order valence-corrected chi connectivity index (χ3v) is 4.86. The van der Waals surface area contributed by atoms with Crippen molar-refractivity contribution < 1.29 is 0 Å². The van der Waals surface area contributed by atoms with Crippen molar-refractivity contribution in [2.24, 2.45) is 0 Å². The molecule has 1 aliphatic carbocycles. The second kappa shape index (κ2) is 6.26. The summed E-state index contributed by atoms with van der Waals surface area (Å²) in [6.45, 7) is 0. The molecular formula is C20H24. The highest BCUT2D eigenvalue weighted by Gasteiger charge is 2.33. The van der Waals surface area contributed by atoms with Crippen LogP contribution in [0.4, 0.5) is 0 Å². The Kier molecular flexibility index (Phi) is 4.20. The Bertz CT molecular complexity index is 463. The van der Waals surface area contributed by atoms with Gasteiger partial charge in [-0.2, -0.15) is 0 Å². The molecule has 0 bridgehead atoms. The van der Waals surface area contributed by atoms with Gasteiger partial charge in [0.1, 0.15) is 0 Å². The molecule has 2 aromatic carbocycles. The topological polar surface area (TPSA) is 0 Å². The van der Waals surface area contributed by atoms with Crippen molar-refractivity contribution in [2.75, 3.05) is 0 Å². The lowest BCUT2D eigenvalue weighted by molar-refractivity contribution is 0.366. The lowest BCUT2D eigenvalue weighted by Gasteiger charge is -2.37. The molecule has 20 heavy (non-hydrogen) atoms. The third-order valence-electron chi connectivity index (χ3n) is 4.86. The fourth-order valence-corrected chi connectivity index (χ4v) is 3.77. The summed E-state index contributed by atoms with van der Waals surface area (Å²) in [7, 11) is 0. The minimum absolute atomic E-state index is 0.239. The fraction of sp³-hybridized carbons (Fsp3) is 0.400. The van der Waals surface area contributed by atoms with E-state index in [1.54, 1.807) is 0 Å². The van der Waals surface area contributed by atoms with Crippen LogP contribution in [0.15, 0.2) is 60.7 Å². The number of hydrogen-bond acceptors (Lipinski definition) is 0. The van der Waals surface area contributed by atoms with Crippen LogP contribution in [0.1, 0.15) is 56.1 Å². The minimum Gasteiger partial charge on any atom is -0.0622 e. The molecular weight excluding hydrogens is 240 g/mol. The second-order valence-electron chi connectivity index (χ2n) is 6.08. The summed E-state index contributed by atoms with van der Waals surface area (Å²) < 4.78 is 0. The van der Waals surface area contributed by atoms with Gasteiger partial charge in [0.05, 0.1) is 0 Å². The second-order valence-corrected chi connectivity index (χ2v) is 6.08. The highest BCUT2D eigenvalue weighted by molar-refractivity contribution is 5.39. The zero-order chi connectivity index (χ0) is 13.7. The van der Waals surface area contributed by atoms with Crippen molar-refractivity contribution in [2.45, 2.75) is 50.4 Å². The quantitative estimate of drug-likeness (QED) is 0.651. The van der Waals surface area contributed by atoms with Gasteiger partial charge in [-0.25, -0.2) is 0 Å². The predicted octanol–water partition coefficient (Wildman–Crippen LogP) is 5.72. The Morgan fingerprint density at radius 3 is 1.35 bits per heavy atom. The Balaban J connectivity index is 2.06. The van der Waals surface area contributed by atoms with Crippen LogP contribution < -0.4 is 0 Å². The molecule has 0 heteroatoms. The van der Waals surface area contributed by atoms with Crippen LogP contribution >= 0.6 is 0 Å². The molecule has 0 unspecified atom stereocenters. The number of benzene rings is 2. The van der Waals surface area contributed by atoms with Crippen molar-refractivity contribution in [3.63, 3.8) is 0 Å². The van der Waals surface area contributed by atoms with Crippen LogP contribution in [0.2, 0.25) is 0 Å². The zero-order valence-corrected chi connectivity index (χ0v) is 12.2. The highest BCUT2D eigenvalue weighted by Crippen LogP contribution is 2.43. The molecule has 0 heterocycles. The van der Waals surface area contributed by atoms with Crippen LogP contribution in [0.3, 0.4) is 0 Å². The van der Waals surface area contributed by atoms with Gasteiger partial charge in [0.25, 0.3) is 0 Å². The van der Waals surface area contributed by atoms with Crippen molar-refractivity contribution in [3.05, 3.63) is 71.8 Å². The van der Waals surface area contributed by atoms with E-state index >= 15 is 0 Å². The summed E-state index contributed by atoms with van der Waals surface area (Å²) in [5.41, 5.74) is 3.25. The maximum Gasteiger partial charge on any atom is 0.0202 e. The number of rotatable bonds is 2. The normalized spacial score (nSPS) is 19.0. The molecule has 1 fully saturated rings. The van der Waals surface area contributed by atoms with Crippen LogP contribution in [0.25, 0.3) is 0 Å². The fourth-order valence-electron chi connectivity index (χ4n) is 3.77. The first-order valence-corrected chi connectivity index (χ1v) is 8.03. The van der Waals surface area contributed by atoms with E-state index in [-0.39, 0.29) is 5.41 Å². The third kappa shape index (κ3) is 2.65. The molecule has 1 aliphatic rings. The molecule has 0 atom stereocenters. The first-order chi connectivity index (χ1) is 9.92. The summed E-state index contributed by atoms with van der Waals surface area (Å²) in [6.07, 6.45) is 9.48. The summed E-state index contributed by atoms with van der Waals surface area (Å²) in [5, 5.41) is 0. The summed E-state index contributed by atoms with van der Waals surface area (Å²) >= 11 is 0. The van der Waals surface area contributed by atoms with Crippen molar-refractivity contribution in [3.8, 4) is 0 Å². The van der Waals surface area contributed by atoms with Gasteiger partial charge in [-0.3, -0.25) is 0 Å². The first kappa shape index (κ1) is 13.4. The van der Waals surface area contributed by atoms with Crippen LogP contribution in [-0.4, -0.2) is 0 Å². The average Bonchev–Trinajstić information content (AvgIpc) is 2.49. The molecule has 2 aromatic rings. The van der Waals surface area contributed by atoms with Crippen LogP contribution in [0, 0.1) is 0 Å². The molecule has 0 radical (unpaired) electrons. The van der Waals surface area contributed by atoms with Gasteiger partial charge in [-0.1, -0.05) is 92.8 Å². The predicted molar refractivity (Wildman–Crippen MR) is 86.0 cm³/mol. The van der Waals surface area contributed by atoms with Crippen LogP contribution in [-0.2, 0) is 5.41 Å². The van der Waals surface area contributed by atoms with E-state index in [1.807, 2.05) is 0 Å². The van der Waals surface area contributed by atoms with Gasteiger partial charge in [-0.05, 0) is 24.0 Å². The van der Waals surface area contributed by atoms with E-state index in [4.69, 9.17) is 0 Å². The molecule has 3 rings (SSSR count). The van der Waals surface area contributed by atoms with Gasteiger partial charge in [0.15, 0.2) is 0 Å². The maximum absolute atomic E-state index is 2.33. The first-order valence-electron chi connectivity index (χ1n) is 8.03. The van der Waals surface area contributed by atoms with Crippen molar-refractivity contribution in [1.29, 1.82) is 0 Å². The Labute approximate surface area is 122 Å². The maximum atomic E-state index is 2.33. The smallest absolute Gasteiger partial charge is 0.0202 e. The van der Waals surface area contributed by atoms with E-state index in [9.17, 15) is 0 Å². The van der Waals surface area contributed by atoms with E-state index in [0.29, 0.717) is 0 Å². The van der Waals surface area contributed by atoms with E-state index in [2.05, 4.69) is 60.7 Å². The van der Waals surface area contributed by atoms with Gasteiger partial charge in [0, 0.05) is 5.41 Å². The van der Waals surface area contributed by atoms with Crippen molar-refractivity contribution in [1.82, 2.24) is 0 Å². The average molecular weight is 264 g/mol. The standard InChI is InChI=1S/C20H24/c1-2-10-16-20(17-11-3-1,18-12-6-4-7-13-18)19-14-8-5-9-15-19/h4-9,12-15H,1-3,10-11,16-17H2. The lowest BCUT2D eigenvalue weighted by Crippen LogP contribution is -2.28. The molecule has 1 saturated carbocycles. The van der Waals surface area contributed by atoms with Crippen molar-refractivity contribution >= 4 is 0 Å². The molecule has 0 aliphatic heterocycles. The molecule has 0 nitrogen and oxygen atoms in total. The van der Waals surface area contributed by atoms with Crippen LogP contribution in [0.5, 0.6) is 0 Å². The van der Waals surface area contributed by atoms with Gasteiger partial charge in [-0.15, -0.1) is 0 Å². The Hall–Kier alpha value is -1.56.